The predicted molar refractivity (Wildman–Crippen MR) is 75.7 cm³/mol. The summed E-state index contributed by atoms with van der Waals surface area (Å²) in [6, 6.07) is -2.29. The first-order valence-electron chi connectivity index (χ1n) is 7.24. The van der Waals surface area contributed by atoms with Gasteiger partial charge >= 0.3 is 6.18 Å². The van der Waals surface area contributed by atoms with Crippen LogP contribution < -0.4 is 5.32 Å². The van der Waals surface area contributed by atoms with Crippen molar-refractivity contribution in [2.45, 2.75) is 44.9 Å². The fourth-order valence-electron chi connectivity index (χ4n) is 2.86. The summed E-state index contributed by atoms with van der Waals surface area (Å²) in [5.41, 5.74) is 0.914. The minimum Gasteiger partial charge on any atom is -0.347 e. The summed E-state index contributed by atoms with van der Waals surface area (Å²) < 4.78 is 40.4. The predicted octanol–water partition coefficient (Wildman–Crippen LogP) is 1.40. The number of piperidine rings is 1. The average molecular weight is 332 g/mol. The molecule has 6 nitrogen and oxygen atoms in total. The molecule has 1 N–H and O–H groups in total. The number of alkyl halides is 3. The van der Waals surface area contributed by atoms with Crippen molar-refractivity contribution >= 4 is 11.8 Å². The molecule has 0 saturated carbocycles. The summed E-state index contributed by atoms with van der Waals surface area (Å²) in [4.78, 5) is 24.5. The van der Waals surface area contributed by atoms with Crippen molar-refractivity contribution in [1.82, 2.24) is 20.0 Å². The van der Waals surface area contributed by atoms with E-state index in [2.05, 4.69) is 10.4 Å². The molecule has 0 spiro atoms. The van der Waals surface area contributed by atoms with Crippen molar-refractivity contribution in [2.75, 3.05) is 6.54 Å². The largest absolute Gasteiger partial charge is 0.408 e. The number of nitrogens with zero attached hydrogens (tertiary/aromatic N) is 3. The van der Waals surface area contributed by atoms with E-state index in [0.29, 0.717) is 11.3 Å². The lowest BCUT2D eigenvalue weighted by atomic mass is 9.97. The summed E-state index contributed by atoms with van der Waals surface area (Å²) in [6.45, 7) is 2.64. The van der Waals surface area contributed by atoms with Gasteiger partial charge in [-0.1, -0.05) is 0 Å². The number of hydrogen-bond acceptors (Lipinski definition) is 3. The van der Waals surface area contributed by atoms with Crippen LogP contribution >= 0.6 is 0 Å². The Bertz CT molecular complexity index is 612. The van der Waals surface area contributed by atoms with Crippen LogP contribution in [-0.4, -0.2) is 51.3 Å². The minimum absolute atomic E-state index is 0.148. The maximum atomic E-state index is 13.0. The maximum absolute atomic E-state index is 13.0. The second kappa shape index (κ2) is 6.21. The summed E-state index contributed by atoms with van der Waals surface area (Å²) in [6.07, 6.45) is -2.96. The van der Waals surface area contributed by atoms with Crippen LogP contribution in [0.2, 0.25) is 0 Å². The highest BCUT2D eigenvalue weighted by molar-refractivity contribution is 5.95. The van der Waals surface area contributed by atoms with Gasteiger partial charge in [-0.15, -0.1) is 0 Å². The Morgan fingerprint density at radius 3 is 2.48 bits per heavy atom. The number of carbonyl (C=O) groups excluding carboxylic acids is 2. The first-order valence-corrected chi connectivity index (χ1v) is 7.24. The van der Waals surface area contributed by atoms with Gasteiger partial charge in [0, 0.05) is 32.8 Å². The molecule has 2 rings (SSSR count). The number of likely N-dealkylation sites (tertiary alicyclic amines) is 1. The highest BCUT2D eigenvalue weighted by Crippen LogP contribution is 2.32. The van der Waals surface area contributed by atoms with Gasteiger partial charge in [0.1, 0.15) is 6.04 Å². The topological polar surface area (TPSA) is 67.2 Å². The molecule has 0 bridgehead atoms. The van der Waals surface area contributed by atoms with Crippen molar-refractivity contribution in [3.8, 4) is 0 Å². The second-order valence-corrected chi connectivity index (χ2v) is 5.78. The smallest absolute Gasteiger partial charge is 0.347 e. The van der Waals surface area contributed by atoms with Crippen molar-refractivity contribution in [2.24, 2.45) is 7.05 Å². The number of hydrogen-bond donors (Lipinski definition) is 1. The van der Waals surface area contributed by atoms with Gasteiger partial charge in [0.15, 0.2) is 0 Å². The van der Waals surface area contributed by atoms with Crippen LogP contribution in [0.4, 0.5) is 13.2 Å². The number of rotatable bonds is 2. The fraction of sp³-hybridized carbons (Fsp3) is 0.643. The second-order valence-electron chi connectivity index (χ2n) is 5.78. The van der Waals surface area contributed by atoms with E-state index in [-0.39, 0.29) is 19.4 Å². The molecule has 0 unspecified atom stereocenters. The molecule has 2 amide bonds. The van der Waals surface area contributed by atoms with Crippen LogP contribution in [-0.2, 0) is 11.8 Å². The molecule has 23 heavy (non-hydrogen) atoms. The molecule has 0 radical (unpaired) electrons. The number of aryl methyl sites for hydroxylation is 2. The number of carbonyl (C=O) groups is 2. The Morgan fingerprint density at radius 1 is 1.35 bits per heavy atom. The van der Waals surface area contributed by atoms with Gasteiger partial charge in [0.05, 0.1) is 11.3 Å². The summed E-state index contributed by atoms with van der Waals surface area (Å²) in [5.74, 6) is -1.04. The van der Waals surface area contributed by atoms with Crippen molar-refractivity contribution in [3.05, 3.63) is 17.5 Å². The zero-order valence-electron chi connectivity index (χ0n) is 13.1. The quantitative estimate of drug-likeness (QED) is 0.890. The third-order valence-electron chi connectivity index (χ3n) is 3.96. The summed E-state index contributed by atoms with van der Waals surface area (Å²) >= 11 is 0. The van der Waals surface area contributed by atoms with Gasteiger partial charge < -0.3 is 10.2 Å². The molecule has 1 fully saturated rings. The van der Waals surface area contributed by atoms with Gasteiger partial charge in [-0.05, 0) is 19.8 Å². The van der Waals surface area contributed by atoms with Crippen molar-refractivity contribution in [3.63, 3.8) is 0 Å². The molecule has 1 aromatic rings. The molecular formula is C14H19F3N4O2. The van der Waals surface area contributed by atoms with Gasteiger partial charge in [0.25, 0.3) is 5.91 Å². The Balaban J connectivity index is 2.07. The number of halogens is 3. The van der Waals surface area contributed by atoms with Crippen LogP contribution in [0.3, 0.4) is 0 Å². The molecule has 0 aromatic carbocycles. The summed E-state index contributed by atoms with van der Waals surface area (Å²) in [5, 5.41) is 6.75. The molecular weight excluding hydrogens is 313 g/mol. The van der Waals surface area contributed by atoms with Crippen molar-refractivity contribution in [1.29, 1.82) is 0 Å². The van der Waals surface area contributed by atoms with E-state index in [1.54, 1.807) is 20.2 Å². The SMILES string of the molecule is CC(=O)N1C[C@@H](NC(=O)c2cn(C)nc2C)CC[C@@H]1C(F)(F)F. The Hall–Kier alpha value is -2.06. The lowest BCUT2D eigenvalue weighted by Gasteiger charge is -2.40. The third-order valence-corrected chi connectivity index (χ3v) is 3.96. The first kappa shape index (κ1) is 17.3. The van der Waals surface area contributed by atoms with Crippen LogP contribution in [0.25, 0.3) is 0 Å². The fourth-order valence-corrected chi connectivity index (χ4v) is 2.86. The minimum atomic E-state index is -4.46. The highest BCUT2D eigenvalue weighted by atomic mass is 19.4. The molecule has 0 aliphatic carbocycles. The van der Waals surface area contributed by atoms with E-state index >= 15 is 0 Å². The molecule has 2 atom stereocenters. The van der Waals surface area contributed by atoms with Crippen LogP contribution in [0.1, 0.15) is 35.8 Å². The first-order chi connectivity index (χ1) is 10.6. The number of amides is 2. The molecule has 1 aromatic heterocycles. The van der Waals surface area contributed by atoms with E-state index in [1.165, 1.54) is 4.68 Å². The summed E-state index contributed by atoms with van der Waals surface area (Å²) in [7, 11) is 1.68. The molecule has 1 aliphatic heterocycles. The molecule has 2 heterocycles. The molecule has 1 saturated heterocycles. The number of aromatic nitrogens is 2. The monoisotopic (exact) mass is 332 g/mol. The van der Waals surface area contributed by atoms with Gasteiger partial charge in [-0.3, -0.25) is 14.3 Å². The van der Waals surface area contributed by atoms with Gasteiger partial charge in [0.2, 0.25) is 5.91 Å². The standard InChI is InChI=1S/C14H19F3N4O2/c1-8-11(7-20(3)19-8)13(23)18-10-4-5-12(14(15,16)17)21(6-10)9(2)22/h7,10,12H,4-6H2,1-3H3,(H,18,23)/t10-,12+/m0/s1. The van der Waals surface area contributed by atoms with E-state index in [4.69, 9.17) is 0 Å². The normalized spacial score (nSPS) is 22.1. The average Bonchev–Trinajstić information content (AvgIpc) is 2.76. The maximum Gasteiger partial charge on any atom is 0.408 e. The van der Waals surface area contributed by atoms with Crippen LogP contribution in [0, 0.1) is 6.92 Å². The Morgan fingerprint density at radius 2 is 2.00 bits per heavy atom. The lowest BCUT2D eigenvalue weighted by Crippen LogP contribution is -2.57. The van der Waals surface area contributed by atoms with Crippen LogP contribution in [0.5, 0.6) is 0 Å². The van der Waals surface area contributed by atoms with E-state index in [9.17, 15) is 22.8 Å². The highest BCUT2D eigenvalue weighted by Gasteiger charge is 2.47. The zero-order chi connectivity index (χ0) is 17.4. The zero-order valence-corrected chi connectivity index (χ0v) is 13.1. The molecule has 9 heteroatoms. The van der Waals surface area contributed by atoms with Crippen molar-refractivity contribution < 1.29 is 22.8 Å². The Kier molecular flexibility index (Phi) is 4.67. The Labute approximate surface area is 131 Å². The number of nitrogens with one attached hydrogen (secondary N) is 1. The van der Waals surface area contributed by atoms with Gasteiger partial charge in [-0.25, -0.2) is 0 Å². The van der Waals surface area contributed by atoms with E-state index in [1.807, 2.05) is 0 Å². The van der Waals surface area contributed by atoms with E-state index < -0.39 is 30.1 Å². The lowest BCUT2D eigenvalue weighted by molar-refractivity contribution is -0.196. The van der Waals surface area contributed by atoms with Gasteiger partial charge in [-0.2, -0.15) is 18.3 Å². The third kappa shape index (κ3) is 3.83. The van der Waals surface area contributed by atoms with Crippen LogP contribution in [0.15, 0.2) is 6.20 Å². The molecule has 1 aliphatic rings. The van der Waals surface area contributed by atoms with E-state index in [0.717, 1.165) is 11.8 Å². The molecule has 128 valence electrons.